The van der Waals surface area contributed by atoms with Gasteiger partial charge in [-0.3, -0.25) is 4.79 Å². The number of aryl methyl sites for hydroxylation is 1. The molecule has 3 saturated carbocycles. The second-order valence-electron chi connectivity index (χ2n) is 9.18. The summed E-state index contributed by atoms with van der Waals surface area (Å²) in [4.78, 5) is 24.3. The number of hydrogen-bond donors (Lipinski definition) is 3. The van der Waals surface area contributed by atoms with Crippen molar-refractivity contribution in [2.24, 2.45) is 24.8 Å². The van der Waals surface area contributed by atoms with Gasteiger partial charge in [-0.2, -0.15) is 0 Å². The van der Waals surface area contributed by atoms with Crippen LogP contribution in [0.1, 0.15) is 25.7 Å². The van der Waals surface area contributed by atoms with Crippen LogP contribution in [0.5, 0.6) is 0 Å². The summed E-state index contributed by atoms with van der Waals surface area (Å²) in [5.74, 6) is -0.308. The first-order chi connectivity index (χ1) is 15.5. The standard InChI is InChI=1S/C24H24FN5O2/c1-30-7-6-15-19(30)9-18(17-11-27-22-16(17)8-14(25)10-26-22)28-23(15)29-21-13-4-2-12(3-5-13)20(21)24(31)32/h6-13,20-21H,2-5H2,1H3,(H,26,27)(H,28,29)(H,31,32)/t12?,13?,20-,21-/m0/s1. The van der Waals surface area contributed by atoms with Crippen LogP contribution in [-0.2, 0) is 11.8 Å². The van der Waals surface area contributed by atoms with Gasteiger partial charge in [0.1, 0.15) is 17.3 Å². The quantitative estimate of drug-likeness (QED) is 0.439. The number of pyridine rings is 2. The first kappa shape index (κ1) is 19.3. The summed E-state index contributed by atoms with van der Waals surface area (Å²) in [5, 5.41) is 15.1. The normalized spacial score (nSPS) is 24.9. The summed E-state index contributed by atoms with van der Waals surface area (Å²) in [6, 6.07) is 5.30. The first-order valence-electron chi connectivity index (χ1n) is 11.1. The molecule has 7 nitrogen and oxygen atoms in total. The molecule has 3 fully saturated rings. The van der Waals surface area contributed by atoms with Crippen LogP contribution < -0.4 is 5.32 Å². The summed E-state index contributed by atoms with van der Waals surface area (Å²) >= 11 is 0. The van der Waals surface area contributed by atoms with Crippen LogP contribution >= 0.6 is 0 Å². The SMILES string of the molecule is Cn1ccc2c(N[C@H]3C4CCC(CC4)[C@@H]3C(=O)O)nc(-c3c[nH]c4ncc(F)cc34)cc21. The maximum Gasteiger partial charge on any atom is 0.308 e. The molecule has 4 heterocycles. The minimum Gasteiger partial charge on any atom is -0.481 e. The molecular formula is C24H24FN5O2. The third-order valence-corrected chi connectivity index (χ3v) is 7.46. The van der Waals surface area contributed by atoms with Gasteiger partial charge in [0.05, 0.1) is 23.3 Å². The largest absolute Gasteiger partial charge is 0.481 e. The molecular weight excluding hydrogens is 409 g/mol. The Morgan fingerprint density at radius 3 is 2.78 bits per heavy atom. The van der Waals surface area contributed by atoms with Crippen molar-refractivity contribution in [1.29, 1.82) is 0 Å². The molecule has 164 valence electrons. The van der Waals surface area contributed by atoms with E-state index >= 15 is 0 Å². The predicted molar refractivity (Wildman–Crippen MR) is 120 cm³/mol. The van der Waals surface area contributed by atoms with Crippen LogP contribution in [0.3, 0.4) is 0 Å². The number of halogens is 1. The molecule has 0 aromatic carbocycles. The summed E-state index contributed by atoms with van der Waals surface area (Å²) in [6.45, 7) is 0. The lowest BCUT2D eigenvalue weighted by atomic mass is 9.61. The van der Waals surface area contributed by atoms with Crippen LogP contribution in [0.15, 0.2) is 36.8 Å². The number of aromatic nitrogens is 4. The summed E-state index contributed by atoms with van der Waals surface area (Å²) in [5.41, 5.74) is 3.02. The molecule has 0 unspecified atom stereocenters. The van der Waals surface area contributed by atoms with Gasteiger partial charge in [-0.15, -0.1) is 0 Å². The zero-order chi connectivity index (χ0) is 22.0. The molecule has 4 aromatic rings. The Bertz CT molecular complexity index is 1350. The summed E-state index contributed by atoms with van der Waals surface area (Å²) in [7, 11) is 1.97. The highest BCUT2D eigenvalue weighted by atomic mass is 19.1. The van der Waals surface area contributed by atoms with E-state index in [0.717, 1.165) is 42.1 Å². The topological polar surface area (TPSA) is 95.8 Å². The van der Waals surface area contributed by atoms with Crippen molar-refractivity contribution in [3.63, 3.8) is 0 Å². The van der Waals surface area contributed by atoms with Crippen LogP contribution in [0, 0.1) is 23.6 Å². The minimum absolute atomic E-state index is 0.145. The van der Waals surface area contributed by atoms with Crippen molar-refractivity contribution >= 4 is 33.7 Å². The average Bonchev–Trinajstić information content (AvgIpc) is 3.37. The number of carboxylic acids is 1. The zero-order valence-electron chi connectivity index (χ0n) is 17.7. The van der Waals surface area contributed by atoms with E-state index in [9.17, 15) is 14.3 Å². The molecule has 8 heteroatoms. The molecule has 32 heavy (non-hydrogen) atoms. The van der Waals surface area contributed by atoms with Crippen molar-refractivity contribution in [2.45, 2.75) is 31.7 Å². The molecule has 0 radical (unpaired) electrons. The number of H-pyrrole nitrogens is 1. The maximum atomic E-state index is 13.9. The van der Waals surface area contributed by atoms with Crippen molar-refractivity contribution in [2.75, 3.05) is 5.32 Å². The lowest BCUT2D eigenvalue weighted by molar-refractivity contribution is -0.148. The van der Waals surface area contributed by atoms with E-state index in [1.54, 1.807) is 6.20 Å². The molecule has 3 aliphatic rings. The first-order valence-corrected chi connectivity index (χ1v) is 11.1. The van der Waals surface area contributed by atoms with E-state index in [1.165, 1.54) is 12.3 Å². The highest BCUT2D eigenvalue weighted by Gasteiger charge is 2.47. The van der Waals surface area contributed by atoms with Gasteiger partial charge in [-0.25, -0.2) is 14.4 Å². The lowest BCUT2D eigenvalue weighted by Crippen LogP contribution is -2.51. The van der Waals surface area contributed by atoms with E-state index in [1.807, 2.05) is 29.9 Å². The monoisotopic (exact) mass is 433 g/mol. The van der Waals surface area contributed by atoms with Gasteiger partial charge >= 0.3 is 5.97 Å². The molecule has 0 spiro atoms. The van der Waals surface area contributed by atoms with Gasteiger partial charge in [0.15, 0.2) is 0 Å². The van der Waals surface area contributed by atoms with E-state index < -0.39 is 17.7 Å². The van der Waals surface area contributed by atoms with Crippen molar-refractivity contribution in [3.05, 3.63) is 42.6 Å². The van der Waals surface area contributed by atoms with Crippen LogP contribution in [0.25, 0.3) is 33.2 Å². The third kappa shape index (κ3) is 2.89. The fraction of sp³-hybridized carbons (Fsp3) is 0.375. The number of fused-ring (bicyclic) bond motifs is 5. The van der Waals surface area contributed by atoms with Gasteiger partial charge in [-0.1, -0.05) is 0 Å². The van der Waals surface area contributed by atoms with Gasteiger partial charge in [0.25, 0.3) is 0 Å². The van der Waals surface area contributed by atoms with E-state index in [4.69, 9.17) is 4.98 Å². The van der Waals surface area contributed by atoms with Gasteiger partial charge in [0, 0.05) is 41.8 Å². The molecule has 7 rings (SSSR count). The predicted octanol–water partition coefficient (Wildman–Crippen LogP) is 4.56. The smallest absolute Gasteiger partial charge is 0.308 e. The minimum atomic E-state index is -0.726. The molecule has 3 N–H and O–H groups in total. The Hall–Kier alpha value is -3.42. The number of hydrogen-bond acceptors (Lipinski definition) is 4. The highest BCUT2D eigenvalue weighted by Crippen LogP contribution is 2.47. The van der Waals surface area contributed by atoms with Gasteiger partial charge in [0.2, 0.25) is 0 Å². The molecule has 0 saturated heterocycles. The van der Waals surface area contributed by atoms with Gasteiger partial charge in [-0.05, 0) is 55.7 Å². The second kappa shape index (κ2) is 7.05. The Morgan fingerprint density at radius 2 is 2.00 bits per heavy atom. The summed E-state index contributed by atoms with van der Waals surface area (Å²) < 4.78 is 15.9. The molecule has 0 aliphatic heterocycles. The van der Waals surface area contributed by atoms with E-state index in [-0.39, 0.29) is 12.0 Å². The Labute approximate surface area is 183 Å². The molecule has 2 bridgehead atoms. The maximum absolute atomic E-state index is 13.9. The fourth-order valence-electron chi connectivity index (χ4n) is 5.87. The number of carbonyl (C=O) groups is 1. The number of aliphatic carboxylic acids is 1. The number of aromatic amines is 1. The number of carboxylic acid groups (broad SMARTS) is 1. The molecule has 3 aliphatic carbocycles. The molecule has 0 amide bonds. The second-order valence-corrected chi connectivity index (χ2v) is 9.18. The highest BCUT2D eigenvalue weighted by molar-refractivity contribution is 5.98. The van der Waals surface area contributed by atoms with Gasteiger partial charge < -0.3 is 20.0 Å². The van der Waals surface area contributed by atoms with Crippen molar-refractivity contribution < 1.29 is 14.3 Å². The molecule has 2 atom stereocenters. The molecule has 4 aromatic heterocycles. The number of anilines is 1. The Balaban J connectivity index is 1.48. The van der Waals surface area contributed by atoms with E-state index in [2.05, 4.69) is 15.3 Å². The lowest BCUT2D eigenvalue weighted by Gasteiger charge is -2.47. The van der Waals surface area contributed by atoms with Crippen LogP contribution in [0.2, 0.25) is 0 Å². The Kier molecular flexibility index (Phi) is 4.25. The Morgan fingerprint density at radius 1 is 1.22 bits per heavy atom. The average molecular weight is 433 g/mol. The number of nitrogens with zero attached hydrogens (tertiary/aromatic N) is 3. The van der Waals surface area contributed by atoms with Crippen LogP contribution in [-0.4, -0.2) is 36.6 Å². The fourth-order valence-corrected chi connectivity index (χ4v) is 5.87. The summed E-state index contributed by atoms with van der Waals surface area (Å²) in [6.07, 6.45) is 9.03. The third-order valence-electron chi connectivity index (χ3n) is 7.46. The van der Waals surface area contributed by atoms with Crippen molar-refractivity contribution in [3.8, 4) is 11.3 Å². The number of nitrogens with one attached hydrogen (secondary N) is 2. The zero-order valence-corrected chi connectivity index (χ0v) is 17.7. The van der Waals surface area contributed by atoms with Crippen molar-refractivity contribution in [1.82, 2.24) is 19.5 Å². The number of rotatable bonds is 4. The van der Waals surface area contributed by atoms with Crippen LogP contribution in [0.4, 0.5) is 10.2 Å². The van der Waals surface area contributed by atoms with E-state index in [0.29, 0.717) is 28.5 Å².